The van der Waals surface area contributed by atoms with Crippen LogP contribution in [0.1, 0.15) is 47.4 Å². The first kappa shape index (κ1) is 21.9. The molecule has 4 rings (SSSR count). The van der Waals surface area contributed by atoms with Crippen molar-refractivity contribution in [2.24, 2.45) is 0 Å². The molecule has 1 aromatic heterocycles. The van der Waals surface area contributed by atoms with Gasteiger partial charge in [-0.25, -0.2) is 4.98 Å². The maximum Gasteiger partial charge on any atom is 0.269 e. The van der Waals surface area contributed by atoms with Crippen LogP contribution in [0.4, 0.5) is 0 Å². The van der Waals surface area contributed by atoms with Crippen molar-refractivity contribution < 1.29 is 14.6 Å². The van der Waals surface area contributed by atoms with Crippen LogP contribution in [0.3, 0.4) is 0 Å². The number of aromatic nitrogens is 1. The molecule has 0 unspecified atom stereocenters. The normalized spacial score (nSPS) is 27.4. The highest BCUT2D eigenvalue weighted by molar-refractivity contribution is 5.92. The van der Waals surface area contributed by atoms with Gasteiger partial charge in [0.25, 0.3) is 5.91 Å². The predicted octanol–water partition coefficient (Wildman–Crippen LogP) is 2.69. The number of hydrogen-bond donors (Lipinski definition) is 2. The molecule has 3 atom stereocenters. The number of amides is 1. The van der Waals surface area contributed by atoms with E-state index >= 15 is 0 Å². The van der Waals surface area contributed by atoms with Gasteiger partial charge in [0.05, 0.1) is 19.3 Å². The SMILES string of the molecule is Cc1cccc(C(=O)NC[C@]2(c3ccccc3)CC[C@@H](O)[C@H](N3CCOCC3)CC2)n1. The molecule has 1 aliphatic heterocycles. The summed E-state index contributed by atoms with van der Waals surface area (Å²) in [6, 6.07) is 16.1. The van der Waals surface area contributed by atoms with Gasteiger partial charge < -0.3 is 15.2 Å². The van der Waals surface area contributed by atoms with Gasteiger partial charge in [0.2, 0.25) is 0 Å². The number of morpholine rings is 1. The number of nitrogens with zero attached hydrogens (tertiary/aromatic N) is 2. The number of aryl methyl sites for hydroxylation is 1. The van der Waals surface area contributed by atoms with E-state index in [1.165, 1.54) is 5.56 Å². The van der Waals surface area contributed by atoms with Gasteiger partial charge in [-0.2, -0.15) is 0 Å². The number of rotatable bonds is 5. The van der Waals surface area contributed by atoms with Crippen molar-refractivity contribution in [3.63, 3.8) is 0 Å². The monoisotopic (exact) mass is 423 g/mol. The van der Waals surface area contributed by atoms with Gasteiger partial charge in [0, 0.05) is 36.8 Å². The first-order valence-corrected chi connectivity index (χ1v) is 11.3. The van der Waals surface area contributed by atoms with Gasteiger partial charge in [-0.15, -0.1) is 0 Å². The lowest BCUT2D eigenvalue weighted by molar-refractivity contribution is -0.0236. The second-order valence-corrected chi connectivity index (χ2v) is 8.85. The van der Waals surface area contributed by atoms with Crippen molar-refractivity contribution in [1.29, 1.82) is 0 Å². The van der Waals surface area contributed by atoms with Crippen LogP contribution in [0.25, 0.3) is 0 Å². The quantitative estimate of drug-likeness (QED) is 0.724. The Morgan fingerprint density at radius 2 is 1.87 bits per heavy atom. The van der Waals surface area contributed by atoms with Gasteiger partial charge in [0.1, 0.15) is 5.69 Å². The van der Waals surface area contributed by atoms with Crippen molar-refractivity contribution in [3.8, 4) is 0 Å². The van der Waals surface area contributed by atoms with Crippen LogP contribution in [-0.4, -0.2) is 65.9 Å². The van der Waals surface area contributed by atoms with Gasteiger partial charge in [0.15, 0.2) is 0 Å². The van der Waals surface area contributed by atoms with E-state index in [4.69, 9.17) is 4.74 Å². The van der Waals surface area contributed by atoms with Crippen molar-refractivity contribution >= 4 is 5.91 Å². The highest BCUT2D eigenvalue weighted by Crippen LogP contribution is 2.39. The third-order valence-corrected chi connectivity index (χ3v) is 6.89. The Labute approximate surface area is 184 Å². The molecule has 2 fully saturated rings. The smallest absolute Gasteiger partial charge is 0.269 e. The highest BCUT2D eigenvalue weighted by Gasteiger charge is 2.40. The molecule has 1 aliphatic carbocycles. The summed E-state index contributed by atoms with van der Waals surface area (Å²) >= 11 is 0. The van der Waals surface area contributed by atoms with E-state index in [0.717, 1.165) is 57.7 Å². The molecular weight excluding hydrogens is 390 g/mol. The minimum absolute atomic E-state index is 0.142. The first-order valence-electron chi connectivity index (χ1n) is 11.3. The molecule has 0 bridgehead atoms. The number of nitrogens with one attached hydrogen (secondary N) is 1. The molecule has 2 heterocycles. The number of aliphatic hydroxyl groups excluding tert-OH is 1. The van der Waals surface area contributed by atoms with Crippen molar-refractivity contribution in [1.82, 2.24) is 15.2 Å². The minimum Gasteiger partial charge on any atom is -0.391 e. The largest absolute Gasteiger partial charge is 0.391 e. The fraction of sp³-hybridized carbons (Fsp3) is 0.520. The zero-order valence-corrected chi connectivity index (χ0v) is 18.3. The summed E-state index contributed by atoms with van der Waals surface area (Å²) in [5.41, 5.74) is 2.30. The van der Waals surface area contributed by atoms with Gasteiger partial charge in [-0.05, 0) is 50.3 Å². The van der Waals surface area contributed by atoms with E-state index < -0.39 is 0 Å². The lowest BCUT2D eigenvalue weighted by Crippen LogP contribution is -2.48. The second kappa shape index (κ2) is 9.90. The molecule has 1 saturated carbocycles. The topological polar surface area (TPSA) is 74.7 Å². The number of ether oxygens (including phenoxy) is 1. The summed E-state index contributed by atoms with van der Waals surface area (Å²) in [5, 5.41) is 14.1. The predicted molar refractivity (Wildman–Crippen MR) is 120 cm³/mol. The Kier molecular flexibility index (Phi) is 7.00. The third kappa shape index (κ3) is 5.14. The summed E-state index contributed by atoms with van der Waals surface area (Å²) in [6.07, 6.45) is 3.00. The average Bonchev–Trinajstić information content (AvgIpc) is 2.98. The summed E-state index contributed by atoms with van der Waals surface area (Å²) in [6.45, 7) is 5.62. The van der Waals surface area contributed by atoms with Crippen molar-refractivity contribution in [3.05, 3.63) is 65.5 Å². The van der Waals surface area contributed by atoms with Crippen LogP contribution >= 0.6 is 0 Å². The molecule has 6 heteroatoms. The number of carbonyl (C=O) groups is 1. The maximum atomic E-state index is 12.8. The average molecular weight is 424 g/mol. The van der Waals surface area contributed by atoms with E-state index in [2.05, 4.69) is 39.5 Å². The zero-order chi connectivity index (χ0) is 21.7. The molecule has 2 N–H and O–H groups in total. The molecule has 0 radical (unpaired) electrons. The molecule has 1 saturated heterocycles. The molecule has 6 nitrogen and oxygen atoms in total. The fourth-order valence-corrected chi connectivity index (χ4v) is 5.06. The Bertz CT molecular complexity index is 869. The van der Waals surface area contributed by atoms with Crippen molar-refractivity contribution in [2.75, 3.05) is 32.8 Å². The van der Waals surface area contributed by atoms with Crippen LogP contribution in [0.15, 0.2) is 48.5 Å². The van der Waals surface area contributed by atoms with Crippen LogP contribution in [0.2, 0.25) is 0 Å². The standard InChI is InChI=1S/C25H33N3O3/c1-19-6-5-9-21(27-19)24(30)26-18-25(20-7-3-2-4-8-20)12-10-22(23(29)11-13-25)28-14-16-31-17-15-28/h2-9,22-23,29H,10-18H2,1H3,(H,26,30)/t22-,23-,25-/m1/s1. The van der Waals surface area contributed by atoms with Crippen LogP contribution in [-0.2, 0) is 10.2 Å². The van der Waals surface area contributed by atoms with Crippen LogP contribution < -0.4 is 5.32 Å². The summed E-state index contributed by atoms with van der Waals surface area (Å²) in [7, 11) is 0. The Morgan fingerprint density at radius 3 is 2.61 bits per heavy atom. The maximum absolute atomic E-state index is 12.8. The van der Waals surface area contributed by atoms with E-state index in [9.17, 15) is 9.90 Å². The van der Waals surface area contributed by atoms with Crippen molar-refractivity contribution in [2.45, 2.75) is 50.2 Å². The fourth-order valence-electron chi connectivity index (χ4n) is 5.06. The van der Waals surface area contributed by atoms with E-state index in [-0.39, 0.29) is 23.5 Å². The highest BCUT2D eigenvalue weighted by atomic mass is 16.5. The molecule has 1 aromatic carbocycles. The number of hydrogen-bond acceptors (Lipinski definition) is 5. The zero-order valence-electron chi connectivity index (χ0n) is 18.3. The molecular formula is C25H33N3O3. The number of carbonyl (C=O) groups excluding carboxylic acids is 1. The number of pyridine rings is 1. The molecule has 31 heavy (non-hydrogen) atoms. The summed E-state index contributed by atoms with van der Waals surface area (Å²) in [4.78, 5) is 19.6. The Morgan fingerprint density at radius 1 is 1.13 bits per heavy atom. The third-order valence-electron chi connectivity index (χ3n) is 6.89. The van der Waals surface area contributed by atoms with Gasteiger partial charge in [-0.3, -0.25) is 9.69 Å². The van der Waals surface area contributed by atoms with E-state index in [1.54, 1.807) is 6.07 Å². The van der Waals surface area contributed by atoms with Gasteiger partial charge >= 0.3 is 0 Å². The van der Waals surface area contributed by atoms with E-state index in [0.29, 0.717) is 12.2 Å². The molecule has 1 amide bonds. The minimum atomic E-state index is -0.363. The molecule has 2 aromatic rings. The van der Waals surface area contributed by atoms with Gasteiger partial charge in [-0.1, -0.05) is 36.4 Å². The van der Waals surface area contributed by atoms with Crippen LogP contribution in [0, 0.1) is 6.92 Å². The second-order valence-electron chi connectivity index (χ2n) is 8.85. The molecule has 0 spiro atoms. The van der Waals surface area contributed by atoms with E-state index in [1.807, 2.05) is 25.1 Å². The lowest BCUT2D eigenvalue weighted by atomic mass is 9.74. The summed E-state index contributed by atoms with van der Waals surface area (Å²) in [5.74, 6) is -0.145. The number of aliphatic hydroxyl groups is 1. The summed E-state index contributed by atoms with van der Waals surface area (Å²) < 4.78 is 5.51. The lowest BCUT2D eigenvalue weighted by Gasteiger charge is -2.37. The molecule has 166 valence electrons. The Balaban J connectivity index is 1.53. The molecule has 2 aliphatic rings. The number of benzene rings is 1. The van der Waals surface area contributed by atoms with Crippen LogP contribution in [0.5, 0.6) is 0 Å². The first-order chi connectivity index (χ1) is 15.1. The Hall–Kier alpha value is -2.28.